The second kappa shape index (κ2) is 12.4. The van der Waals surface area contributed by atoms with Gasteiger partial charge in [-0.1, -0.05) is 18.2 Å². The van der Waals surface area contributed by atoms with Crippen LogP contribution in [0.1, 0.15) is 40.8 Å². The average Bonchev–Trinajstić information content (AvgIpc) is 3.05. The number of benzene rings is 2. The predicted octanol–water partition coefficient (Wildman–Crippen LogP) is 3.20. The summed E-state index contributed by atoms with van der Waals surface area (Å²) in [5, 5.41) is 0. The largest absolute Gasteiger partial charge is 0.497 e. The lowest BCUT2D eigenvalue weighted by Gasteiger charge is -2.26. The highest BCUT2D eigenvalue weighted by Gasteiger charge is 2.26. The molecule has 204 valence electrons. The van der Waals surface area contributed by atoms with Crippen LogP contribution >= 0.6 is 0 Å². The summed E-state index contributed by atoms with van der Waals surface area (Å²) in [5.41, 5.74) is 5.10. The molecule has 1 atom stereocenters. The van der Waals surface area contributed by atoms with Crippen molar-refractivity contribution in [3.05, 3.63) is 58.1 Å². The van der Waals surface area contributed by atoms with Gasteiger partial charge in [0.25, 0.3) is 0 Å². The lowest BCUT2D eigenvalue weighted by molar-refractivity contribution is -0.136. The molecule has 8 nitrogen and oxygen atoms in total. The number of carbonyl (C=O) groups is 1. The Morgan fingerprint density at radius 1 is 1.05 bits per heavy atom. The van der Waals surface area contributed by atoms with Crippen molar-refractivity contribution in [1.29, 1.82) is 0 Å². The van der Waals surface area contributed by atoms with Crippen molar-refractivity contribution in [1.82, 2.24) is 14.1 Å². The van der Waals surface area contributed by atoms with E-state index in [1.807, 2.05) is 6.92 Å². The zero-order chi connectivity index (χ0) is 27.3. The van der Waals surface area contributed by atoms with Crippen molar-refractivity contribution in [2.75, 3.05) is 61.1 Å². The molecule has 2 aromatic carbocycles. The molecule has 0 radical (unpaired) electrons. The van der Waals surface area contributed by atoms with Gasteiger partial charge in [0.1, 0.15) is 12.4 Å². The molecule has 0 spiro atoms. The third-order valence-corrected chi connectivity index (χ3v) is 9.49. The molecule has 0 fully saturated rings. The van der Waals surface area contributed by atoms with E-state index in [9.17, 15) is 13.2 Å². The highest BCUT2D eigenvalue weighted by Crippen LogP contribution is 2.28. The van der Waals surface area contributed by atoms with Crippen LogP contribution in [0, 0.1) is 13.8 Å². The third-order valence-electron chi connectivity index (χ3n) is 7.33. The number of fused-ring (bicyclic) bond motifs is 1. The van der Waals surface area contributed by atoms with Gasteiger partial charge in [-0.25, -0.2) is 8.42 Å². The highest BCUT2D eigenvalue weighted by molar-refractivity contribution is 7.89. The number of rotatable bonds is 10. The summed E-state index contributed by atoms with van der Waals surface area (Å²) in [7, 11) is 3.30. The molecule has 0 saturated carbocycles. The summed E-state index contributed by atoms with van der Waals surface area (Å²) >= 11 is 0. The molecule has 0 aliphatic carbocycles. The van der Waals surface area contributed by atoms with E-state index in [2.05, 4.69) is 30.1 Å². The third kappa shape index (κ3) is 6.90. The molecule has 1 aliphatic heterocycles. The van der Waals surface area contributed by atoms with E-state index in [1.165, 1.54) is 22.5 Å². The molecule has 1 amide bonds. The monoisotopic (exact) mass is 531 g/mol. The number of ether oxygens (including phenoxy) is 2. The summed E-state index contributed by atoms with van der Waals surface area (Å²) in [6.07, 6.45) is 2.06. The van der Waals surface area contributed by atoms with Gasteiger partial charge in [0.15, 0.2) is 0 Å². The van der Waals surface area contributed by atoms with Crippen LogP contribution in [0.3, 0.4) is 0 Å². The summed E-state index contributed by atoms with van der Waals surface area (Å²) < 4.78 is 38.4. The lowest BCUT2D eigenvalue weighted by Crippen LogP contribution is -2.35. The molecule has 3 rings (SSSR count). The summed E-state index contributed by atoms with van der Waals surface area (Å²) in [6, 6.07) is 9.86. The van der Waals surface area contributed by atoms with Crippen LogP contribution in [0.25, 0.3) is 0 Å². The number of sulfonamides is 1. The first kappa shape index (κ1) is 29.1. The Morgan fingerprint density at radius 2 is 1.68 bits per heavy atom. The zero-order valence-corrected chi connectivity index (χ0v) is 24.0. The maximum absolute atomic E-state index is 13.1. The fraction of sp³-hybridized carbons (Fsp3) is 0.536. The number of amides is 1. The standard InChI is InChI=1S/C28H41N3O5S/c1-20-16-26(35-7)17-21(2)28(20)37(33,34)30(5)14-15-36-19-27(32)31(6)22(3)24-9-8-23-10-12-29(4)13-11-25(23)18-24/h8-9,16-18,22H,10-15,19H2,1-7H3. The molecule has 0 saturated heterocycles. The van der Waals surface area contributed by atoms with E-state index in [0.29, 0.717) is 16.9 Å². The fourth-order valence-corrected chi connectivity index (χ4v) is 6.28. The molecular weight excluding hydrogens is 490 g/mol. The van der Waals surface area contributed by atoms with E-state index in [0.717, 1.165) is 31.5 Å². The maximum Gasteiger partial charge on any atom is 0.248 e. The summed E-state index contributed by atoms with van der Waals surface area (Å²) in [4.78, 5) is 17.1. The van der Waals surface area contributed by atoms with Crippen molar-refractivity contribution >= 4 is 15.9 Å². The smallest absolute Gasteiger partial charge is 0.248 e. The van der Waals surface area contributed by atoms with E-state index >= 15 is 0 Å². The Kier molecular flexibility index (Phi) is 9.74. The van der Waals surface area contributed by atoms with Gasteiger partial charge in [-0.2, -0.15) is 4.31 Å². The minimum absolute atomic E-state index is 0.0912. The van der Waals surface area contributed by atoms with Crippen molar-refractivity contribution in [3.8, 4) is 5.75 Å². The number of carbonyl (C=O) groups excluding carboxylic acids is 1. The van der Waals surface area contributed by atoms with E-state index < -0.39 is 10.0 Å². The highest BCUT2D eigenvalue weighted by atomic mass is 32.2. The Labute approximate surface area is 222 Å². The molecule has 37 heavy (non-hydrogen) atoms. The van der Waals surface area contributed by atoms with Crippen molar-refractivity contribution in [3.63, 3.8) is 0 Å². The number of methoxy groups -OCH3 is 1. The van der Waals surface area contributed by atoms with Gasteiger partial charge in [0.2, 0.25) is 15.9 Å². The Balaban J connectivity index is 1.54. The van der Waals surface area contributed by atoms with Gasteiger partial charge >= 0.3 is 0 Å². The number of likely N-dealkylation sites (N-methyl/N-ethyl adjacent to an activating group) is 3. The quantitative estimate of drug-likeness (QED) is 0.438. The zero-order valence-electron chi connectivity index (χ0n) is 23.2. The number of hydrogen-bond acceptors (Lipinski definition) is 6. The van der Waals surface area contributed by atoms with Crippen LogP contribution in [-0.2, 0) is 32.4 Å². The molecule has 0 bridgehead atoms. The second-order valence-electron chi connectivity index (χ2n) is 9.98. The molecule has 2 aromatic rings. The Morgan fingerprint density at radius 3 is 2.30 bits per heavy atom. The minimum atomic E-state index is -3.71. The molecule has 1 unspecified atom stereocenters. The molecule has 1 aliphatic rings. The van der Waals surface area contributed by atoms with E-state index in [1.54, 1.807) is 45.0 Å². The summed E-state index contributed by atoms with van der Waals surface area (Å²) in [6.45, 7) is 7.77. The lowest BCUT2D eigenvalue weighted by atomic mass is 9.97. The summed E-state index contributed by atoms with van der Waals surface area (Å²) in [5.74, 6) is 0.477. The first-order valence-corrected chi connectivity index (χ1v) is 14.1. The normalized spacial score (nSPS) is 15.2. The second-order valence-corrected chi connectivity index (χ2v) is 12.0. The van der Waals surface area contributed by atoms with Crippen molar-refractivity contribution in [2.24, 2.45) is 0 Å². The number of nitrogens with zero attached hydrogens (tertiary/aromatic N) is 3. The predicted molar refractivity (Wildman–Crippen MR) is 146 cm³/mol. The van der Waals surface area contributed by atoms with Crippen LogP contribution in [0.4, 0.5) is 0 Å². The van der Waals surface area contributed by atoms with Gasteiger partial charge in [0, 0.05) is 33.7 Å². The molecule has 0 N–H and O–H groups in total. The van der Waals surface area contributed by atoms with Crippen LogP contribution in [0.15, 0.2) is 35.2 Å². The van der Waals surface area contributed by atoms with E-state index in [-0.39, 0.29) is 36.6 Å². The molecule has 0 aromatic heterocycles. The SMILES string of the molecule is COc1cc(C)c(S(=O)(=O)N(C)CCOCC(=O)N(C)C(C)c2ccc3c(c2)CCN(C)CC3)c(C)c1. The first-order chi connectivity index (χ1) is 17.4. The van der Waals surface area contributed by atoms with Crippen LogP contribution in [0.2, 0.25) is 0 Å². The topological polar surface area (TPSA) is 79.4 Å². The van der Waals surface area contributed by atoms with Gasteiger partial charge in [0.05, 0.1) is 24.7 Å². The van der Waals surface area contributed by atoms with Crippen LogP contribution in [-0.4, -0.2) is 89.5 Å². The first-order valence-electron chi connectivity index (χ1n) is 12.7. The van der Waals surface area contributed by atoms with Gasteiger partial charge in [-0.15, -0.1) is 0 Å². The van der Waals surface area contributed by atoms with Crippen LogP contribution < -0.4 is 4.74 Å². The van der Waals surface area contributed by atoms with Gasteiger partial charge in [-0.3, -0.25) is 4.79 Å². The molecule has 9 heteroatoms. The van der Waals surface area contributed by atoms with Crippen molar-refractivity contribution < 1.29 is 22.7 Å². The van der Waals surface area contributed by atoms with Crippen LogP contribution in [0.5, 0.6) is 5.75 Å². The number of aryl methyl sites for hydroxylation is 2. The minimum Gasteiger partial charge on any atom is -0.497 e. The van der Waals surface area contributed by atoms with Gasteiger partial charge in [-0.05, 0) is 80.6 Å². The van der Waals surface area contributed by atoms with Crippen molar-refractivity contribution in [2.45, 2.75) is 44.6 Å². The molecule has 1 heterocycles. The number of hydrogen-bond donors (Lipinski definition) is 0. The Bertz CT molecular complexity index is 1190. The average molecular weight is 532 g/mol. The van der Waals surface area contributed by atoms with E-state index in [4.69, 9.17) is 9.47 Å². The maximum atomic E-state index is 13.1. The Hall–Kier alpha value is -2.46. The molecular formula is C28H41N3O5S. The van der Waals surface area contributed by atoms with Gasteiger partial charge < -0.3 is 19.3 Å². The fourth-order valence-electron chi connectivity index (χ4n) is 4.72.